The highest BCUT2D eigenvalue weighted by Crippen LogP contribution is 2.20. The topological polar surface area (TPSA) is 57.7 Å². The minimum atomic E-state index is -0.589. The van der Waals surface area contributed by atoms with Crippen LogP contribution in [0.5, 0.6) is 0 Å². The first-order valence-electron chi connectivity index (χ1n) is 6.58. The third-order valence-corrected chi connectivity index (χ3v) is 3.49. The monoisotopic (exact) mass is 274 g/mol. The van der Waals surface area contributed by atoms with Gasteiger partial charge in [-0.15, -0.1) is 0 Å². The van der Waals surface area contributed by atoms with E-state index in [0.29, 0.717) is 6.54 Å². The van der Waals surface area contributed by atoms with Crippen LogP contribution in [0.2, 0.25) is 0 Å². The van der Waals surface area contributed by atoms with Crippen molar-refractivity contribution >= 4 is 23.3 Å². The number of ketones is 1. The molecule has 1 aliphatic rings. The molecule has 5 heteroatoms. The lowest BCUT2D eigenvalue weighted by atomic mass is 10.1. The van der Waals surface area contributed by atoms with Crippen molar-refractivity contribution in [3.63, 3.8) is 0 Å². The Morgan fingerprint density at radius 3 is 2.35 bits per heavy atom. The van der Waals surface area contributed by atoms with E-state index in [9.17, 15) is 14.4 Å². The van der Waals surface area contributed by atoms with Crippen molar-refractivity contribution in [1.29, 1.82) is 0 Å². The van der Waals surface area contributed by atoms with Gasteiger partial charge in [0.05, 0.1) is 0 Å². The Morgan fingerprint density at radius 1 is 1.20 bits per heavy atom. The molecule has 0 unspecified atom stereocenters. The summed E-state index contributed by atoms with van der Waals surface area (Å²) in [4.78, 5) is 38.1. The first kappa shape index (κ1) is 14.2. The molecule has 2 rings (SSSR count). The number of Topliss-reactive ketones (excluding diaryl/α,β-unsaturated/α-hetero) is 1. The molecule has 0 aromatic heterocycles. The fourth-order valence-corrected chi connectivity index (χ4v) is 2.30. The number of piperazine rings is 1. The molecule has 1 fully saturated rings. The molecule has 1 atom stereocenters. The molecule has 0 spiro atoms. The quantitative estimate of drug-likeness (QED) is 0.760. The van der Waals surface area contributed by atoms with Crippen molar-refractivity contribution in [2.75, 3.05) is 18.0 Å². The fourth-order valence-electron chi connectivity index (χ4n) is 2.30. The summed E-state index contributed by atoms with van der Waals surface area (Å²) in [5, 5.41) is 0. The van der Waals surface area contributed by atoms with E-state index in [1.54, 1.807) is 4.90 Å². The van der Waals surface area contributed by atoms with Crippen molar-refractivity contribution < 1.29 is 14.4 Å². The van der Waals surface area contributed by atoms with Crippen LogP contribution in [-0.4, -0.2) is 41.6 Å². The van der Waals surface area contributed by atoms with Gasteiger partial charge in [0, 0.05) is 25.2 Å². The lowest BCUT2D eigenvalue weighted by molar-refractivity contribution is -0.147. The standard InChI is InChI=1S/C15H18N2O3/c1-10-4-6-13(7-5-10)17-8-11(2)16(9-14(17)19)15(20)12(3)18/h4-7,11H,8-9H2,1-3H3/t11-/m1/s1. The molecular formula is C15H18N2O3. The summed E-state index contributed by atoms with van der Waals surface area (Å²) < 4.78 is 0. The third kappa shape index (κ3) is 2.71. The van der Waals surface area contributed by atoms with Gasteiger partial charge in [0.15, 0.2) is 0 Å². The van der Waals surface area contributed by atoms with Gasteiger partial charge in [0.25, 0.3) is 5.91 Å². The molecule has 0 N–H and O–H groups in total. The number of benzene rings is 1. The molecule has 1 aliphatic heterocycles. The molecular weight excluding hydrogens is 256 g/mol. The van der Waals surface area contributed by atoms with E-state index in [1.165, 1.54) is 11.8 Å². The average molecular weight is 274 g/mol. The van der Waals surface area contributed by atoms with Crippen LogP contribution < -0.4 is 4.90 Å². The summed E-state index contributed by atoms with van der Waals surface area (Å²) in [6, 6.07) is 7.50. The lowest BCUT2D eigenvalue weighted by Crippen LogP contribution is -2.58. The van der Waals surface area contributed by atoms with Gasteiger partial charge in [-0.1, -0.05) is 17.7 Å². The van der Waals surface area contributed by atoms with E-state index in [-0.39, 0.29) is 18.5 Å². The van der Waals surface area contributed by atoms with Crippen LogP contribution in [0.4, 0.5) is 5.69 Å². The SMILES string of the molecule is CC(=O)C(=O)N1CC(=O)N(c2ccc(C)cc2)C[C@H]1C. The summed E-state index contributed by atoms with van der Waals surface area (Å²) in [6.45, 7) is 5.41. The van der Waals surface area contributed by atoms with Crippen LogP contribution >= 0.6 is 0 Å². The van der Waals surface area contributed by atoms with Gasteiger partial charge in [-0.3, -0.25) is 14.4 Å². The molecule has 1 saturated heterocycles. The van der Waals surface area contributed by atoms with Crippen molar-refractivity contribution in [2.45, 2.75) is 26.8 Å². The van der Waals surface area contributed by atoms with E-state index >= 15 is 0 Å². The number of aryl methyl sites for hydroxylation is 1. The van der Waals surface area contributed by atoms with Gasteiger partial charge in [0.2, 0.25) is 11.7 Å². The van der Waals surface area contributed by atoms with Crippen molar-refractivity contribution in [2.24, 2.45) is 0 Å². The predicted octanol–water partition coefficient (Wildman–Crippen LogP) is 1.15. The number of rotatable bonds is 2. The predicted molar refractivity (Wildman–Crippen MR) is 75.4 cm³/mol. The minimum Gasteiger partial charge on any atom is -0.322 e. The van der Waals surface area contributed by atoms with E-state index in [1.807, 2.05) is 38.1 Å². The highest BCUT2D eigenvalue weighted by Gasteiger charge is 2.34. The number of carbonyl (C=O) groups excluding carboxylic acids is 3. The van der Waals surface area contributed by atoms with Crippen molar-refractivity contribution in [3.8, 4) is 0 Å². The van der Waals surface area contributed by atoms with Gasteiger partial charge >= 0.3 is 0 Å². The summed E-state index contributed by atoms with van der Waals surface area (Å²) in [5.74, 6) is -1.29. The van der Waals surface area contributed by atoms with E-state index in [4.69, 9.17) is 0 Å². The number of nitrogens with zero attached hydrogens (tertiary/aromatic N) is 2. The Bertz CT molecular complexity index is 551. The molecule has 5 nitrogen and oxygen atoms in total. The highest BCUT2D eigenvalue weighted by molar-refractivity contribution is 6.35. The van der Waals surface area contributed by atoms with Crippen LogP contribution in [0.15, 0.2) is 24.3 Å². The molecule has 0 bridgehead atoms. The molecule has 1 aromatic rings. The molecule has 0 saturated carbocycles. The fraction of sp³-hybridized carbons (Fsp3) is 0.400. The zero-order valence-corrected chi connectivity index (χ0v) is 11.9. The number of hydrogen-bond acceptors (Lipinski definition) is 3. The minimum absolute atomic E-state index is 0.0482. The summed E-state index contributed by atoms with van der Waals surface area (Å²) in [6.07, 6.45) is 0. The van der Waals surface area contributed by atoms with Crippen LogP contribution in [0, 0.1) is 6.92 Å². The first-order chi connectivity index (χ1) is 9.40. The molecule has 0 aliphatic carbocycles. The zero-order valence-electron chi connectivity index (χ0n) is 11.9. The van der Waals surface area contributed by atoms with Crippen LogP contribution in [0.25, 0.3) is 0 Å². The summed E-state index contributed by atoms with van der Waals surface area (Å²) >= 11 is 0. The molecule has 106 valence electrons. The third-order valence-electron chi connectivity index (χ3n) is 3.49. The smallest absolute Gasteiger partial charge is 0.290 e. The molecule has 20 heavy (non-hydrogen) atoms. The van der Waals surface area contributed by atoms with Crippen LogP contribution in [0.1, 0.15) is 19.4 Å². The Hall–Kier alpha value is -2.17. The zero-order chi connectivity index (χ0) is 14.9. The molecule has 1 aromatic carbocycles. The molecule has 1 heterocycles. The Kier molecular flexibility index (Phi) is 3.88. The van der Waals surface area contributed by atoms with E-state index in [2.05, 4.69) is 0 Å². The second-order valence-electron chi connectivity index (χ2n) is 5.18. The van der Waals surface area contributed by atoms with Crippen molar-refractivity contribution in [1.82, 2.24) is 4.90 Å². The number of carbonyl (C=O) groups is 3. The summed E-state index contributed by atoms with van der Waals surface area (Å²) in [5.41, 5.74) is 1.95. The number of hydrogen-bond donors (Lipinski definition) is 0. The van der Waals surface area contributed by atoms with Gasteiger partial charge < -0.3 is 9.80 Å². The molecule has 0 radical (unpaired) electrons. The van der Waals surface area contributed by atoms with Gasteiger partial charge in [0.1, 0.15) is 6.54 Å². The first-order valence-corrected chi connectivity index (χ1v) is 6.58. The maximum absolute atomic E-state index is 12.2. The maximum Gasteiger partial charge on any atom is 0.290 e. The van der Waals surface area contributed by atoms with E-state index < -0.39 is 11.7 Å². The van der Waals surface area contributed by atoms with E-state index in [0.717, 1.165) is 11.3 Å². The summed E-state index contributed by atoms with van der Waals surface area (Å²) in [7, 11) is 0. The van der Waals surface area contributed by atoms with Gasteiger partial charge in [-0.05, 0) is 26.0 Å². The number of amides is 2. The second-order valence-corrected chi connectivity index (χ2v) is 5.18. The average Bonchev–Trinajstić information content (AvgIpc) is 2.41. The van der Waals surface area contributed by atoms with Crippen molar-refractivity contribution in [3.05, 3.63) is 29.8 Å². The normalized spacial score (nSPS) is 19.1. The lowest BCUT2D eigenvalue weighted by Gasteiger charge is -2.38. The Morgan fingerprint density at radius 2 is 1.80 bits per heavy atom. The Balaban J connectivity index is 2.18. The van der Waals surface area contributed by atoms with Gasteiger partial charge in [-0.2, -0.15) is 0 Å². The Labute approximate surface area is 118 Å². The van der Waals surface area contributed by atoms with Crippen LogP contribution in [0.3, 0.4) is 0 Å². The van der Waals surface area contributed by atoms with Crippen LogP contribution in [-0.2, 0) is 14.4 Å². The maximum atomic E-state index is 12.2. The van der Waals surface area contributed by atoms with Gasteiger partial charge in [-0.25, -0.2) is 0 Å². The number of anilines is 1. The highest BCUT2D eigenvalue weighted by atomic mass is 16.2. The molecule has 2 amide bonds. The largest absolute Gasteiger partial charge is 0.322 e. The second kappa shape index (κ2) is 5.45.